The van der Waals surface area contributed by atoms with Gasteiger partial charge in [-0.3, -0.25) is 4.79 Å². The lowest BCUT2D eigenvalue weighted by molar-refractivity contribution is -0.116. The number of allylic oxidation sites excluding steroid dienone is 1. The molecule has 0 unspecified atom stereocenters. The average Bonchev–Trinajstić information content (AvgIpc) is 2.81. The van der Waals surface area contributed by atoms with Crippen molar-refractivity contribution in [2.75, 3.05) is 5.75 Å². The van der Waals surface area contributed by atoms with Gasteiger partial charge in [0.2, 0.25) is 5.91 Å². The van der Waals surface area contributed by atoms with E-state index in [1.807, 2.05) is 41.8 Å². The van der Waals surface area contributed by atoms with Gasteiger partial charge in [0.1, 0.15) is 0 Å². The summed E-state index contributed by atoms with van der Waals surface area (Å²) in [5.74, 6) is 0.401. The molecule has 1 aromatic rings. The average molecular weight is 277 g/mol. The molecule has 1 aliphatic heterocycles. The number of hydrogen-bond acceptors (Lipinski definition) is 5. The molecule has 1 aromatic carbocycles. The molecule has 1 amide bonds. The summed E-state index contributed by atoms with van der Waals surface area (Å²) in [6, 6.07) is 10.1. The van der Waals surface area contributed by atoms with Crippen molar-refractivity contribution in [1.82, 2.24) is 5.32 Å². The van der Waals surface area contributed by atoms with Crippen molar-refractivity contribution in [1.29, 1.82) is 0 Å². The molecule has 18 heavy (non-hydrogen) atoms. The highest BCUT2D eigenvalue weighted by molar-refractivity contribution is 8.15. The maximum Gasteiger partial charge on any atom is 0.236 e. The zero-order chi connectivity index (χ0) is 12.6. The molecule has 0 bridgehead atoms. The second-order valence-electron chi connectivity index (χ2n) is 3.27. The number of carbonyl (C=O) groups excluding carboxylic acids is 1. The summed E-state index contributed by atoms with van der Waals surface area (Å²) >= 11 is 2.97. The number of rotatable bonds is 4. The van der Waals surface area contributed by atoms with Crippen LogP contribution in [0.25, 0.3) is 0 Å². The topological polar surface area (TPSA) is 53.8 Å². The van der Waals surface area contributed by atoms with Crippen LogP contribution in [0.1, 0.15) is 0 Å². The maximum absolute atomic E-state index is 10.9. The van der Waals surface area contributed by atoms with E-state index in [2.05, 4.69) is 15.5 Å². The van der Waals surface area contributed by atoms with E-state index in [-0.39, 0.29) is 5.91 Å². The van der Waals surface area contributed by atoms with Crippen LogP contribution in [0.2, 0.25) is 0 Å². The first-order valence-electron chi connectivity index (χ1n) is 5.25. The Morgan fingerprint density at radius 3 is 2.89 bits per heavy atom. The standard InChI is InChI=1S/C12H11N3OS2/c16-11-9-18-12(14-11)15-13-7-4-8-17-10-5-2-1-3-6-10/h1-8H,9H2,(H,14,15,16)/b8-4+,13-7+. The van der Waals surface area contributed by atoms with Crippen LogP contribution in [0, 0.1) is 0 Å². The minimum atomic E-state index is -0.0240. The van der Waals surface area contributed by atoms with Gasteiger partial charge in [-0.2, -0.15) is 5.10 Å². The van der Waals surface area contributed by atoms with Crippen molar-refractivity contribution in [3.63, 3.8) is 0 Å². The Morgan fingerprint density at radius 1 is 1.33 bits per heavy atom. The van der Waals surface area contributed by atoms with Crippen molar-refractivity contribution in [2.45, 2.75) is 4.90 Å². The number of nitrogens with zero attached hydrogens (tertiary/aromatic N) is 2. The zero-order valence-corrected chi connectivity index (χ0v) is 11.1. The van der Waals surface area contributed by atoms with Gasteiger partial charge >= 0.3 is 0 Å². The number of hydrogen-bond donors (Lipinski definition) is 1. The van der Waals surface area contributed by atoms with Gasteiger partial charge in [-0.1, -0.05) is 41.7 Å². The first-order valence-corrected chi connectivity index (χ1v) is 7.11. The van der Waals surface area contributed by atoms with E-state index in [9.17, 15) is 4.79 Å². The van der Waals surface area contributed by atoms with Gasteiger partial charge in [0, 0.05) is 4.90 Å². The molecule has 1 heterocycles. The molecule has 4 nitrogen and oxygen atoms in total. The molecule has 0 atom stereocenters. The molecular weight excluding hydrogens is 266 g/mol. The quantitative estimate of drug-likeness (QED) is 0.522. The van der Waals surface area contributed by atoms with Crippen molar-refractivity contribution < 1.29 is 4.79 Å². The van der Waals surface area contributed by atoms with E-state index < -0.39 is 0 Å². The second kappa shape index (κ2) is 7.03. The number of carbonyl (C=O) groups is 1. The van der Waals surface area contributed by atoms with Gasteiger partial charge in [-0.15, -0.1) is 5.10 Å². The van der Waals surface area contributed by atoms with Gasteiger partial charge in [0.25, 0.3) is 0 Å². The highest BCUT2D eigenvalue weighted by Crippen LogP contribution is 2.17. The normalized spacial score (nSPS) is 18.0. The van der Waals surface area contributed by atoms with Crippen molar-refractivity contribution >= 4 is 40.8 Å². The van der Waals surface area contributed by atoms with Gasteiger partial charge in [-0.25, -0.2) is 0 Å². The molecule has 1 N–H and O–H groups in total. The summed E-state index contributed by atoms with van der Waals surface area (Å²) in [5.41, 5.74) is 0. The van der Waals surface area contributed by atoms with Crippen LogP contribution < -0.4 is 5.32 Å². The molecule has 2 rings (SSSR count). The Hall–Kier alpha value is -1.53. The highest BCUT2D eigenvalue weighted by atomic mass is 32.2. The third-order valence-corrected chi connectivity index (χ3v) is 3.61. The Kier molecular flexibility index (Phi) is 5.04. The van der Waals surface area contributed by atoms with Gasteiger partial charge in [-0.05, 0) is 23.6 Å². The summed E-state index contributed by atoms with van der Waals surface area (Å²) in [5, 5.41) is 12.8. The molecular formula is C12H11N3OS2. The summed E-state index contributed by atoms with van der Waals surface area (Å²) in [4.78, 5) is 12.0. The third kappa shape index (κ3) is 4.38. The summed E-state index contributed by atoms with van der Waals surface area (Å²) in [7, 11) is 0. The molecule has 1 fully saturated rings. The minimum Gasteiger partial charge on any atom is -0.303 e. The molecule has 1 saturated heterocycles. The Balaban J connectivity index is 1.76. The fourth-order valence-corrected chi connectivity index (χ4v) is 2.41. The third-order valence-electron chi connectivity index (χ3n) is 1.91. The van der Waals surface area contributed by atoms with Crippen LogP contribution in [0.4, 0.5) is 0 Å². The Bertz CT molecular complexity index is 497. The number of nitrogens with one attached hydrogen (secondary N) is 1. The SMILES string of the molecule is O=C1CS\C(=N/N=C/C=C/Sc2ccccc2)N1. The van der Waals surface area contributed by atoms with Crippen LogP contribution in [-0.4, -0.2) is 23.0 Å². The van der Waals surface area contributed by atoms with Crippen molar-refractivity contribution in [2.24, 2.45) is 10.2 Å². The smallest absolute Gasteiger partial charge is 0.236 e. The fraction of sp³-hybridized carbons (Fsp3) is 0.0833. The lowest BCUT2D eigenvalue weighted by Crippen LogP contribution is -2.19. The van der Waals surface area contributed by atoms with Crippen LogP contribution in [0.5, 0.6) is 0 Å². The lowest BCUT2D eigenvalue weighted by Gasteiger charge is -1.92. The van der Waals surface area contributed by atoms with Gasteiger partial charge in [0.15, 0.2) is 5.17 Å². The fourth-order valence-electron chi connectivity index (χ4n) is 1.16. The molecule has 92 valence electrons. The lowest BCUT2D eigenvalue weighted by atomic mass is 10.4. The van der Waals surface area contributed by atoms with Gasteiger partial charge in [0.05, 0.1) is 12.0 Å². The van der Waals surface area contributed by atoms with E-state index in [0.29, 0.717) is 10.9 Å². The summed E-state index contributed by atoms with van der Waals surface area (Å²) in [6.07, 6.45) is 3.40. The van der Waals surface area contributed by atoms with Crippen LogP contribution in [-0.2, 0) is 4.79 Å². The number of thioether (sulfide) groups is 2. The first kappa shape index (κ1) is 12.9. The largest absolute Gasteiger partial charge is 0.303 e. The van der Waals surface area contributed by atoms with Gasteiger partial charge < -0.3 is 5.32 Å². The zero-order valence-electron chi connectivity index (χ0n) is 9.45. The van der Waals surface area contributed by atoms with Crippen LogP contribution >= 0.6 is 23.5 Å². The van der Waals surface area contributed by atoms with Crippen LogP contribution in [0.3, 0.4) is 0 Å². The number of amidine groups is 1. The first-order chi connectivity index (χ1) is 8.84. The number of benzene rings is 1. The van der Waals surface area contributed by atoms with E-state index >= 15 is 0 Å². The van der Waals surface area contributed by atoms with E-state index in [4.69, 9.17) is 0 Å². The predicted molar refractivity (Wildman–Crippen MR) is 78.0 cm³/mol. The van der Waals surface area contributed by atoms with E-state index in [0.717, 1.165) is 0 Å². The summed E-state index contributed by atoms with van der Waals surface area (Å²) < 4.78 is 0. The molecule has 0 radical (unpaired) electrons. The molecule has 0 aromatic heterocycles. The Morgan fingerprint density at radius 2 is 2.17 bits per heavy atom. The monoisotopic (exact) mass is 277 g/mol. The predicted octanol–water partition coefficient (Wildman–Crippen LogP) is 2.50. The molecule has 6 heteroatoms. The maximum atomic E-state index is 10.9. The second-order valence-corrected chi connectivity index (χ2v) is 5.21. The van der Waals surface area contributed by atoms with Crippen molar-refractivity contribution in [3.05, 3.63) is 41.8 Å². The molecule has 0 spiro atoms. The highest BCUT2D eigenvalue weighted by Gasteiger charge is 2.15. The Labute approximate surface area is 114 Å². The summed E-state index contributed by atoms with van der Waals surface area (Å²) in [6.45, 7) is 0. The molecule has 0 aliphatic carbocycles. The van der Waals surface area contributed by atoms with E-state index in [1.54, 1.807) is 18.0 Å². The number of amides is 1. The van der Waals surface area contributed by atoms with E-state index in [1.165, 1.54) is 16.7 Å². The minimum absolute atomic E-state index is 0.0240. The molecule has 0 saturated carbocycles. The van der Waals surface area contributed by atoms with Crippen molar-refractivity contribution in [3.8, 4) is 0 Å². The van der Waals surface area contributed by atoms with Crippen LogP contribution in [0.15, 0.2) is 56.9 Å². The molecule has 1 aliphatic rings.